The molecule has 0 aliphatic rings. The standard InChI is InChI=1S/C18H21FN2O5S2/c1-3-27(23,24)11-10-20-18(22)15-6-4-5-7-17(15)21-28(25,26)14-8-9-16(19)13(2)12-14/h4-9,12,21H,3,10-11H2,1-2H3,(H,20,22). The smallest absolute Gasteiger partial charge is 0.261 e. The van der Waals surface area contributed by atoms with Gasteiger partial charge < -0.3 is 5.32 Å². The van der Waals surface area contributed by atoms with Crippen LogP contribution in [0.4, 0.5) is 10.1 Å². The molecule has 0 spiro atoms. The van der Waals surface area contributed by atoms with Gasteiger partial charge in [0, 0.05) is 12.3 Å². The van der Waals surface area contributed by atoms with E-state index in [1.807, 2.05) is 0 Å². The van der Waals surface area contributed by atoms with E-state index in [4.69, 9.17) is 0 Å². The summed E-state index contributed by atoms with van der Waals surface area (Å²) in [7, 11) is -7.29. The zero-order chi connectivity index (χ0) is 20.9. The second-order valence-electron chi connectivity index (χ2n) is 6.05. The van der Waals surface area contributed by atoms with Crippen LogP contribution in [0.1, 0.15) is 22.8 Å². The highest BCUT2D eigenvalue weighted by molar-refractivity contribution is 7.92. The molecular formula is C18H21FN2O5S2. The normalized spacial score (nSPS) is 11.8. The van der Waals surface area contributed by atoms with Crippen LogP contribution in [0.3, 0.4) is 0 Å². The fraction of sp³-hybridized carbons (Fsp3) is 0.278. The van der Waals surface area contributed by atoms with Crippen LogP contribution in [0.5, 0.6) is 0 Å². The molecule has 10 heteroatoms. The molecule has 0 radical (unpaired) electrons. The second-order valence-corrected chi connectivity index (χ2v) is 10.2. The van der Waals surface area contributed by atoms with Gasteiger partial charge in [0.15, 0.2) is 9.84 Å². The Morgan fingerprint density at radius 3 is 2.39 bits per heavy atom. The zero-order valence-electron chi connectivity index (χ0n) is 15.4. The average molecular weight is 429 g/mol. The Morgan fingerprint density at radius 2 is 1.75 bits per heavy atom. The van der Waals surface area contributed by atoms with E-state index in [-0.39, 0.29) is 39.8 Å². The van der Waals surface area contributed by atoms with Crippen LogP contribution in [0.2, 0.25) is 0 Å². The molecule has 2 aromatic rings. The Labute approximate surface area is 163 Å². The minimum Gasteiger partial charge on any atom is -0.351 e. The van der Waals surface area contributed by atoms with Crippen LogP contribution in [-0.2, 0) is 19.9 Å². The first-order chi connectivity index (χ1) is 13.1. The molecule has 0 saturated heterocycles. The van der Waals surface area contributed by atoms with Crippen molar-refractivity contribution in [3.63, 3.8) is 0 Å². The van der Waals surface area contributed by atoms with Crippen molar-refractivity contribution in [1.82, 2.24) is 5.32 Å². The van der Waals surface area contributed by atoms with Crippen molar-refractivity contribution in [1.29, 1.82) is 0 Å². The minimum atomic E-state index is -4.05. The van der Waals surface area contributed by atoms with E-state index in [0.717, 1.165) is 12.1 Å². The van der Waals surface area contributed by atoms with Crippen LogP contribution >= 0.6 is 0 Å². The molecule has 2 rings (SSSR count). The van der Waals surface area contributed by atoms with Gasteiger partial charge in [-0.05, 0) is 42.8 Å². The molecule has 0 fully saturated rings. The summed E-state index contributed by atoms with van der Waals surface area (Å²) in [6.45, 7) is 2.87. The van der Waals surface area contributed by atoms with Crippen LogP contribution in [0.15, 0.2) is 47.4 Å². The maximum absolute atomic E-state index is 13.4. The lowest BCUT2D eigenvalue weighted by molar-refractivity contribution is 0.0957. The van der Waals surface area contributed by atoms with Gasteiger partial charge in [-0.15, -0.1) is 0 Å². The lowest BCUT2D eigenvalue weighted by Crippen LogP contribution is -2.30. The molecule has 0 aromatic heterocycles. The SMILES string of the molecule is CCS(=O)(=O)CCNC(=O)c1ccccc1NS(=O)(=O)c1ccc(F)c(C)c1. The Morgan fingerprint density at radius 1 is 1.07 bits per heavy atom. The van der Waals surface area contributed by atoms with Crippen molar-refractivity contribution in [3.05, 3.63) is 59.4 Å². The number of hydrogen-bond donors (Lipinski definition) is 2. The fourth-order valence-corrected chi connectivity index (χ4v) is 4.18. The number of para-hydroxylation sites is 1. The topological polar surface area (TPSA) is 109 Å². The number of sulfonamides is 1. The molecule has 28 heavy (non-hydrogen) atoms. The summed E-state index contributed by atoms with van der Waals surface area (Å²) in [5, 5.41) is 2.47. The summed E-state index contributed by atoms with van der Waals surface area (Å²) in [5.74, 6) is -1.38. The minimum absolute atomic E-state index is 0.0281. The van der Waals surface area contributed by atoms with Crippen molar-refractivity contribution < 1.29 is 26.0 Å². The Bertz CT molecular complexity index is 1080. The molecule has 0 heterocycles. The van der Waals surface area contributed by atoms with Gasteiger partial charge in [-0.1, -0.05) is 19.1 Å². The zero-order valence-corrected chi connectivity index (χ0v) is 17.0. The van der Waals surface area contributed by atoms with E-state index in [0.29, 0.717) is 0 Å². The van der Waals surface area contributed by atoms with Crippen molar-refractivity contribution in [2.75, 3.05) is 22.8 Å². The molecule has 152 valence electrons. The number of sulfone groups is 1. The number of anilines is 1. The quantitative estimate of drug-likeness (QED) is 0.669. The molecule has 0 aliphatic heterocycles. The van der Waals surface area contributed by atoms with Gasteiger partial charge in [0.05, 0.1) is 21.9 Å². The maximum atomic E-state index is 13.4. The third-order valence-electron chi connectivity index (χ3n) is 3.99. The third-order valence-corrected chi connectivity index (χ3v) is 7.06. The number of halogens is 1. The van der Waals surface area contributed by atoms with Gasteiger partial charge in [0.2, 0.25) is 0 Å². The number of rotatable bonds is 8. The molecule has 2 aromatic carbocycles. The van der Waals surface area contributed by atoms with E-state index in [1.54, 1.807) is 12.1 Å². The first-order valence-corrected chi connectivity index (χ1v) is 11.7. The van der Waals surface area contributed by atoms with E-state index >= 15 is 0 Å². The van der Waals surface area contributed by atoms with Crippen molar-refractivity contribution in [2.45, 2.75) is 18.7 Å². The largest absolute Gasteiger partial charge is 0.351 e. The van der Waals surface area contributed by atoms with Crippen LogP contribution in [0, 0.1) is 12.7 Å². The summed E-state index contributed by atoms with van der Waals surface area (Å²) in [5.41, 5.74) is 0.241. The number of carbonyl (C=O) groups excluding carboxylic acids is 1. The molecule has 0 aliphatic carbocycles. The number of amides is 1. The van der Waals surface area contributed by atoms with Crippen LogP contribution < -0.4 is 10.0 Å². The van der Waals surface area contributed by atoms with E-state index in [1.165, 1.54) is 32.0 Å². The predicted molar refractivity (Wildman–Crippen MR) is 105 cm³/mol. The molecule has 0 unspecified atom stereocenters. The Balaban J connectivity index is 2.21. The third kappa shape index (κ3) is 5.52. The molecule has 0 atom stereocenters. The van der Waals surface area contributed by atoms with E-state index in [9.17, 15) is 26.0 Å². The molecule has 1 amide bonds. The molecule has 0 saturated carbocycles. The average Bonchev–Trinajstić information content (AvgIpc) is 2.63. The first-order valence-electron chi connectivity index (χ1n) is 8.42. The van der Waals surface area contributed by atoms with Crippen molar-refractivity contribution in [3.8, 4) is 0 Å². The highest BCUT2D eigenvalue weighted by Crippen LogP contribution is 2.21. The van der Waals surface area contributed by atoms with Gasteiger partial charge in [-0.3, -0.25) is 9.52 Å². The maximum Gasteiger partial charge on any atom is 0.261 e. The Kier molecular flexibility index (Phi) is 6.78. The number of hydrogen-bond acceptors (Lipinski definition) is 5. The van der Waals surface area contributed by atoms with Gasteiger partial charge >= 0.3 is 0 Å². The molecule has 0 bridgehead atoms. The highest BCUT2D eigenvalue weighted by Gasteiger charge is 2.19. The molecular weight excluding hydrogens is 407 g/mol. The van der Waals surface area contributed by atoms with Gasteiger partial charge in [-0.25, -0.2) is 21.2 Å². The summed E-state index contributed by atoms with van der Waals surface area (Å²) in [4.78, 5) is 12.2. The first kappa shape index (κ1) is 21.8. The summed E-state index contributed by atoms with van der Waals surface area (Å²) >= 11 is 0. The van der Waals surface area contributed by atoms with Gasteiger partial charge in [-0.2, -0.15) is 0 Å². The van der Waals surface area contributed by atoms with Crippen molar-refractivity contribution in [2.24, 2.45) is 0 Å². The molecule has 2 N–H and O–H groups in total. The summed E-state index contributed by atoms with van der Waals surface area (Å²) < 4.78 is 63.9. The number of benzene rings is 2. The number of carbonyl (C=O) groups is 1. The van der Waals surface area contributed by atoms with Crippen LogP contribution in [0.25, 0.3) is 0 Å². The predicted octanol–water partition coefficient (Wildman–Crippen LogP) is 2.10. The van der Waals surface area contributed by atoms with E-state index < -0.39 is 31.6 Å². The van der Waals surface area contributed by atoms with Gasteiger partial charge in [0.25, 0.3) is 15.9 Å². The van der Waals surface area contributed by atoms with E-state index in [2.05, 4.69) is 10.0 Å². The second kappa shape index (κ2) is 8.70. The fourth-order valence-electron chi connectivity index (χ4n) is 2.32. The summed E-state index contributed by atoms with van der Waals surface area (Å²) in [6, 6.07) is 9.29. The van der Waals surface area contributed by atoms with Crippen LogP contribution in [-0.4, -0.2) is 40.8 Å². The van der Waals surface area contributed by atoms with Crippen molar-refractivity contribution >= 4 is 31.5 Å². The number of aryl methyl sites for hydroxylation is 1. The Hall–Kier alpha value is -2.46. The van der Waals surface area contributed by atoms with Gasteiger partial charge in [0.1, 0.15) is 5.82 Å². The number of nitrogens with one attached hydrogen (secondary N) is 2. The lowest BCUT2D eigenvalue weighted by Gasteiger charge is -2.13. The monoisotopic (exact) mass is 428 g/mol. The summed E-state index contributed by atoms with van der Waals surface area (Å²) in [6.07, 6.45) is 0. The lowest BCUT2D eigenvalue weighted by atomic mass is 10.2. The molecule has 7 nitrogen and oxygen atoms in total. The highest BCUT2D eigenvalue weighted by atomic mass is 32.2.